The Morgan fingerprint density at radius 1 is 0.862 bits per heavy atom. The lowest BCUT2D eigenvalue weighted by molar-refractivity contribution is -0.335. The van der Waals surface area contributed by atoms with Gasteiger partial charge < -0.3 is 64.8 Å². The zero-order valence-electron chi connectivity index (χ0n) is 32.1. The summed E-state index contributed by atoms with van der Waals surface area (Å²) in [5.74, 6) is -3.89. The number of amides is 3. The van der Waals surface area contributed by atoms with E-state index in [-0.39, 0.29) is 38.4 Å². The van der Waals surface area contributed by atoms with Crippen LogP contribution in [0.1, 0.15) is 15.9 Å². The van der Waals surface area contributed by atoms with Crippen molar-refractivity contribution >= 4 is 23.7 Å². The molecule has 1 aliphatic rings. The normalized spacial score (nSPS) is 21.1. The lowest BCUT2D eigenvalue weighted by Crippen LogP contribution is -2.77. The molecule has 58 heavy (non-hydrogen) atoms. The van der Waals surface area contributed by atoms with Gasteiger partial charge in [0.1, 0.15) is 37.3 Å². The second-order valence-corrected chi connectivity index (χ2v) is 13.0. The first-order chi connectivity index (χ1) is 28.0. The van der Waals surface area contributed by atoms with Crippen LogP contribution in [0, 0.1) is 12.3 Å². The van der Waals surface area contributed by atoms with Crippen molar-refractivity contribution in [1.82, 2.24) is 16.0 Å². The van der Waals surface area contributed by atoms with E-state index in [1.165, 1.54) is 25.3 Å². The van der Waals surface area contributed by atoms with Crippen molar-refractivity contribution in [3.63, 3.8) is 0 Å². The predicted octanol–water partition coefficient (Wildman–Crippen LogP) is -0.670. The Kier molecular flexibility index (Phi) is 17.6. The average molecular weight is 808 g/mol. The van der Waals surface area contributed by atoms with Gasteiger partial charge in [0, 0.05) is 12.1 Å². The van der Waals surface area contributed by atoms with Crippen molar-refractivity contribution < 1.29 is 68.0 Å². The van der Waals surface area contributed by atoms with E-state index >= 15 is 0 Å². The highest BCUT2D eigenvalue weighted by molar-refractivity contribution is 5.95. The second-order valence-electron chi connectivity index (χ2n) is 13.0. The molecule has 3 aromatic carbocycles. The van der Waals surface area contributed by atoms with Crippen LogP contribution in [0.15, 0.2) is 78.9 Å². The topological polar surface area (TPSA) is 241 Å². The molecule has 17 nitrogen and oxygen atoms in total. The smallest absolute Gasteiger partial charge is 0.369 e. The Bertz CT molecular complexity index is 1840. The molecule has 0 bridgehead atoms. The van der Waals surface area contributed by atoms with Crippen molar-refractivity contribution in [2.45, 2.75) is 48.7 Å². The standard InChI is InChI=1S/C41H49N3O14/c1-4-17-55-18-19-56-20-21-57-41(40(52)54-3)38(50)35(44-39(51)29-11-8-12-30(23-29)53-2)34(43-33(48)25-45)37(58-41)36(49)31(46)24-42-32(47)22-26-13-15-28(16-14-26)27-9-6-5-7-10-27/h1,5-16,23,31,34-38,45-46,49-50H,17-22,24-25H2,2-3H3,(H,42,47)(H,43,48)(H,44,51)/t31-,34-,35-,36-,37-,38+,41-/m1/s1. The third kappa shape index (κ3) is 12.0. The monoisotopic (exact) mass is 807 g/mol. The summed E-state index contributed by atoms with van der Waals surface area (Å²) in [4.78, 5) is 52.9. The van der Waals surface area contributed by atoms with Gasteiger partial charge in [-0.3, -0.25) is 14.4 Å². The van der Waals surface area contributed by atoms with Crippen LogP contribution in [0.4, 0.5) is 0 Å². The van der Waals surface area contributed by atoms with Gasteiger partial charge in [0.2, 0.25) is 11.8 Å². The number of ether oxygens (including phenoxy) is 6. The molecule has 0 spiro atoms. The number of hydrogen-bond donors (Lipinski definition) is 7. The summed E-state index contributed by atoms with van der Waals surface area (Å²) < 4.78 is 32.6. The number of aliphatic hydroxyl groups is 4. The molecule has 312 valence electrons. The molecule has 17 heteroatoms. The zero-order valence-corrected chi connectivity index (χ0v) is 32.1. The molecule has 0 radical (unpaired) electrons. The zero-order chi connectivity index (χ0) is 42.1. The number of carbonyl (C=O) groups excluding carboxylic acids is 4. The van der Waals surface area contributed by atoms with E-state index in [4.69, 9.17) is 34.8 Å². The van der Waals surface area contributed by atoms with Gasteiger partial charge in [-0.25, -0.2) is 4.79 Å². The van der Waals surface area contributed by atoms with Crippen molar-refractivity contribution in [3.8, 4) is 29.2 Å². The van der Waals surface area contributed by atoms with Gasteiger partial charge in [-0.1, -0.05) is 66.6 Å². The van der Waals surface area contributed by atoms with Gasteiger partial charge in [0.15, 0.2) is 0 Å². The number of esters is 1. The fourth-order valence-electron chi connectivity index (χ4n) is 6.18. The maximum absolute atomic E-state index is 13.7. The van der Waals surface area contributed by atoms with Gasteiger partial charge >= 0.3 is 5.97 Å². The Morgan fingerprint density at radius 2 is 1.55 bits per heavy atom. The third-order valence-electron chi connectivity index (χ3n) is 9.12. The molecule has 0 unspecified atom stereocenters. The largest absolute Gasteiger partial charge is 0.497 e. The SMILES string of the molecule is C#CCOCCOCCO[C@@]1(C(=O)OC)O[C@@H]([C@H](O)[C@H](O)CNC(=O)Cc2ccc(-c3ccccc3)cc2)[C@H](NC(=O)CO)[C@@H](NC(=O)c2cccc(OC)c2)[C@@H]1O. The molecule has 3 amide bonds. The molecular formula is C41H49N3O14. The van der Waals surface area contributed by atoms with Crippen LogP contribution in [0.25, 0.3) is 11.1 Å². The molecule has 1 saturated heterocycles. The molecule has 4 rings (SSSR count). The van der Waals surface area contributed by atoms with E-state index < -0.39 is 85.7 Å². The number of hydrogen-bond acceptors (Lipinski definition) is 14. The minimum absolute atomic E-state index is 0.0323. The molecule has 7 atom stereocenters. The van der Waals surface area contributed by atoms with Crippen molar-refractivity contribution in [2.75, 3.05) is 60.4 Å². The first-order valence-corrected chi connectivity index (χ1v) is 18.3. The van der Waals surface area contributed by atoms with E-state index in [0.717, 1.165) is 18.2 Å². The summed E-state index contributed by atoms with van der Waals surface area (Å²) in [5, 5.41) is 52.0. The van der Waals surface area contributed by atoms with Gasteiger partial charge in [-0.15, -0.1) is 6.42 Å². The fourth-order valence-corrected chi connectivity index (χ4v) is 6.18. The summed E-state index contributed by atoms with van der Waals surface area (Å²) in [7, 11) is 2.36. The molecule has 1 aliphatic heterocycles. The summed E-state index contributed by atoms with van der Waals surface area (Å²) >= 11 is 0. The molecule has 3 aromatic rings. The van der Waals surface area contributed by atoms with E-state index in [2.05, 4.69) is 21.9 Å². The van der Waals surface area contributed by atoms with Gasteiger partial charge in [0.05, 0.1) is 65.3 Å². The van der Waals surface area contributed by atoms with E-state index in [9.17, 15) is 39.6 Å². The van der Waals surface area contributed by atoms with Gasteiger partial charge in [-0.2, -0.15) is 0 Å². The summed E-state index contributed by atoms with van der Waals surface area (Å²) in [6.45, 7) is -1.96. The first-order valence-electron chi connectivity index (χ1n) is 18.3. The summed E-state index contributed by atoms with van der Waals surface area (Å²) in [6, 6.07) is 19.5. The quantitative estimate of drug-likeness (QED) is 0.0402. The van der Waals surface area contributed by atoms with Crippen molar-refractivity contribution in [2.24, 2.45) is 0 Å². The predicted molar refractivity (Wildman–Crippen MR) is 206 cm³/mol. The van der Waals surface area contributed by atoms with Gasteiger partial charge in [-0.05, 0) is 34.9 Å². The number of terminal acetylenes is 1. The molecule has 0 aromatic heterocycles. The number of aliphatic hydroxyl groups excluding tert-OH is 4. The lowest BCUT2D eigenvalue weighted by Gasteiger charge is -2.51. The van der Waals surface area contributed by atoms with Crippen LogP contribution in [-0.2, 0) is 44.5 Å². The number of carbonyl (C=O) groups is 4. The number of benzene rings is 3. The Balaban J connectivity index is 1.59. The Labute approximate surface area is 335 Å². The molecule has 7 N–H and O–H groups in total. The third-order valence-corrected chi connectivity index (χ3v) is 9.12. The summed E-state index contributed by atoms with van der Waals surface area (Å²) in [5.41, 5.74) is 2.65. The molecular weight excluding hydrogens is 758 g/mol. The number of rotatable bonds is 21. The van der Waals surface area contributed by atoms with Crippen LogP contribution in [0.5, 0.6) is 5.75 Å². The highest BCUT2D eigenvalue weighted by Gasteiger charge is 2.63. The Hall–Kier alpha value is -5.42. The molecule has 0 aliphatic carbocycles. The van der Waals surface area contributed by atoms with Crippen LogP contribution >= 0.6 is 0 Å². The van der Waals surface area contributed by atoms with Crippen LogP contribution in [0.3, 0.4) is 0 Å². The highest BCUT2D eigenvalue weighted by Crippen LogP contribution is 2.35. The number of nitrogens with one attached hydrogen (secondary N) is 3. The highest BCUT2D eigenvalue weighted by atomic mass is 16.7. The molecule has 1 fully saturated rings. The van der Waals surface area contributed by atoms with Crippen molar-refractivity contribution in [3.05, 3.63) is 90.0 Å². The van der Waals surface area contributed by atoms with Crippen molar-refractivity contribution in [1.29, 1.82) is 0 Å². The van der Waals surface area contributed by atoms with Crippen LogP contribution < -0.4 is 20.7 Å². The Morgan fingerprint density at radius 3 is 2.22 bits per heavy atom. The average Bonchev–Trinajstić information content (AvgIpc) is 3.25. The first kappa shape index (κ1) is 45.3. The molecule has 0 saturated carbocycles. The maximum atomic E-state index is 13.7. The van der Waals surface area contributed by atoms with E-state index in [1.54, 1.807) is 18.2 Å². The van der Waals surface area contributed by atoms with Crippen LogP contribution in [-0.4, -0.2) is 147 Å². The van der Waals surface area contributed by atoms with Gasteiger partial charge in [0.25, 0.3) is 11.7 Å². The van der Waals surface area contributed by atoms with E-state index in [1.807, 2.05) is 42.5 Å². The fraction of sp³-hybridized carbons (Fsp3) is 0.415. The maximum Gasteiger partial charge on any atom is 0.369 e. The second kappa shape index (κ2) is 22.5. The van der Waals surface area contributed by atoms with Crippen LogP contribution in [0.2, 0.25) is 0 Å². The lowest BCUT2D eigenvalue weighted by atomic mass is 9.84. The minimum atomic E-state index is -2.81. The molecule has 1 heterocycles. The minimum Gasteiger partial charge on any atom is -0.497 e. The number of methoxy groups -OCH3 is 2. The van der Waals surface area contributed by atoms with E-state index in [0.29, 0.717) is 11.3 Å². The summed E-state index contributed by atoms with van der Waals surface area (Å²) in [6.07, 6.45) is -2.87.